The van der Waals surface area contributed by atoms with Crippen LogP contribution in [0.3, 0.4) is 0 Å². The van der Waals surface area contributed by atoms with Crippen LogP contribution in [0.2, 0.25) is 0 Å². The first-order valence-corrected chi connectivity index (χ1v) is 7.59. The minimum Gasteiger partial charge on any atom is -0.313 e. The molecule has 17 heavy (non-hydrogen) atoms. The van der Waals surface area contributed by atoms with Crippen LogP contribution in [0.5, 0.6) is 0 Å². The van der Waals surface area contributed by atoms with Gasteiger partial charge in [-0.25, -0.2) is 0 Å². The molecule has 1 heterocycles. The zero-order valence-corrected chi connectivity index (χ0v) is 12.0. The summed E-state index contributed by atoms with van der Waals surface area (Å²) >= 11 is 0. The SMILES string of the molecule is CCC1(CN2CCCNC(CC(C)C)C2)CC1. The van der Waals surface area contributed by atoms with Crippen molar-refractivity contribution in [3.05, 3.63) is 0 Å². The molecule has 1 saturated carbocycles. The highest BCUT2D eigenvalue weighted by Gasteiger charge is 2.42. The maximum Gasteiger partial charge on any atom is 0.0197 e. The fraction of sp³-hybridized carbons (Fsp3) is 1.00. The Bertz CT molecular complexity index is 233. The van der Waals surface area contributed by atoms with Crippen molar-refractivity contribution in [2.24, 2.45) is 11.3 Å². The highest BCUT2D eigenvalue weighted by atomic mass is 15.2. The van der Waals surface area contributed by atoms with Crippen molar-refractivity contribution in [3.63, 3.8) is 0 Å². The summed E-state index contributed by atoms with van der Waals surface area (Å²) in [4.78, 5) is 2.74. The Morgan fingerprint density at radius 1 is 1.35 bits per heavy atom. The first-order chi connectivity index (χ1) is 8.13. The van der Waals surface area contributed by atoms with Crippen molar-refractivity contribution in [3.8, 4) is 0 Å². The first-order valence-electron chi connectivity index (χ1n) is 7.59. The topological polar surface area (TPSA) is 15.3 Å². The van der Waals surface area contributed by atoms with Gasteiger partial charge in [-0.2, -0.15) is 0 Å². The Morgan fingerprint density at radius 3 is 2.71 bits per heavy atom. The summed E-state index contributed by atoms with van der Waals surface area (Å²) in [6.07, 6.45) is 6.99. The van der Waals surface area contributed by atoms with Gasteiger partial charge in [-0.05, 0) is 56.5 Å². The van der Waals surface area contributed by atoms with Crippen molar-refractivity contribution in [2.75, 3.05) is 26.2 Å². The number of nitrogens with one attached hydrogen (secondary N) is 1. The van der Waals surface area contributed by atoms with E-state index in [0.29, 0.717) is 5.41 Å². The van der Waals surface area contributed by atoms with E-state index in [9.17, 15) is 0 Å². The van der Waals surface area contributed by atoms with E-state index in [2.05, 4.69) is 31.0 Å². The zero-order valence-electron chi connectivity index (χ0n) is 12.0. The number of hydrogen-bond acceptors (Lipinski definition) is 2. The molecule has 2 rings (SSSR count). The summed E-state index contributed by atoms with van der Waals surface area (Å²) in [5, 5.41) is 3.73. The number of rotatable bonds is 5. The molecule has 100 valence electrons. The monoisotopic (exact) mass is 238 g/mol. The second-order valence-corrected chi connectivity index (χ2v) is 6.72. The fourth-order valence-electron chi connectivity index (χ4n) is 3.22. The van der Waals surface area contributed by atoms with Crippen molar-refractivity contribution < 1.29 is 0 Å². The van der Waals surface area contributed by atoms with E-state index in [1.54, 1.807) is 0 Å². The molecule has 1 aliphatic carbocycles. The molecule has 2 fully saturated rings. The van der Waals surface area contributed by atoms with E-state index in [0.717, 1.165) is 12.0 Å². The van der Waals surface area contributed by atoms with Crippen LogP contribution in [0.25, 0.3) is 0 Å². The van der Waals surface area contributed by atoms with Gasteiger partial charge in [0.25, 0.3) is 0 Å². The van der Waals surface area contributed by atoms with Crippen LogP contribution in [0.1, 0.15) is 52.9 Å². The van der Waals surface area contributed by atoms with Crippen molar-refractivity contribution in [1.29, 1.82) is 0 Å². The van der Waals surface area contributed by atoms with Crippen LogP contribution in [0.4, 0.5) is 0 Å². The molecule has 1 aliphatic heterocycles. The maximum absolute atomic E-state index is 3.73. The van der Waals surface area contributed by atoms with Gasteiger partial charge in [0, 0.05) is 19.1 Å². The Labute approximate surface area is 107 Å². The van der Waals surface area contributed by atoms with Gasteiger partial charge in [0.15, 0.2) is 0 Å². The third-order valence-corrected chi connectivity index (χ3v) is 4.58. The molecule has 1 saturated heterocycles. The third-order valence-electron chi connectivity index (χ3n) is 4.58. The van der Waals surface area contributed by atoms with E-state index in [1.165, 1.54) is 58.3 Å². The molecular formula is C15H30N2. The van der Waals surface area contributed by atoms with Gasteiger partial charge >= 0.3 is 0 Å². The molecule has 0 aromatic heterocycles. The molecule has 0 spiro atoms. The summed E-state index contributed by atoms with van der Waals surface area (Å²) in [7, 11) is 0. The van der Waals surface area contributed by atoms with Crippen LogP contribution >= 0.6 is 0 Å². The number of hydrogen-bond donors (Lipinski definition) is 1. The normalized spacial score (nSPS) is 29.3. The second-order valence-electron chi connectivity index (χ2n) is 6.72. The van der Waals surface area contributed by atoms with Gasteiger partial charge in [0.2, 0.25) is 0 Å². The summed E-state index contributed by atoms with van der Waals surface area (Å²) in [5.74, 6) is 0.813. The lowest BCUT2D eigenvalue weighted by atomic mass is 10.0. The lowest BCUT2D eigenvalue weighted by molar-refractivity contribution is 0.205. The average molecular weight is 238 g/mol. The summed E-state index contributed by atoms with van der Waals surface area (Å²) < 4.78 is 0. The minimum absolute atomic E-state index is 0.715. The Kier molecular flexibility index (Phi) is 4.48. The third kappa shape index (κ3) is 3.96. The van der Waals surface area contributed by atoms with Crippen LogP contribution in [0.15, 0.2) is 0 Å². The fourth-order valence-corrected chi connectivity index (χ4v) is 3.22. The molecule has 2 nitrogen and oxygen atoms in total. The van der Waals surface area contributed by atoms with Crippen LogP contribution in [-0.4, -0.2) is 37.1 Å². The maximum atomic E-state index is 3.73. The standard InChI is InChI=1S/C15H30N2/c1-4-15(6-7-15)12-17-9-5-8-16-14(11-17)10-13(2)3/h13-14,16H,4-12H2,1-3H3. The minimum atomic E-state index is 0.715. The highest BCUT2D eigenvalue weighted by molar-refractivity contribution is 4.95. The first kappa shape index (κ1) is 13.4. The van der Waals surface area contributed by atoms with Gasteiger partial charge in [-0.15, -0.1) is 0 Å². The van der Waals surface area contributed by atoms with Gasteiger partial charge in [0.1, 0.15) is 0 Å². The van der Waals surface area contributed by atoms with E-state index in [1.807, 2.05) is 0 Å². The molecule has 0 amide bonds. The van der Waals surface area contributed by atoms with Crippen molar-refractivity contribution >= 4 is 0 Å². The molecule has 0 radical (unpaired) electrons. The Morgan fingerprint density at radius 2 is 2.12 bits per heavy atom. The highest BCUT2D eigenvalue weighted by Crippen LogP contribution is 2.49. The molecule has 1 atom stereocenters. The second kappa shape index (κ2) is 5.71. The number of nitrogens with zero attached hydrogens (tertiary/aromatic N) is 1. The Balaban J connectivity index is 1.84. The molecular weight excluding hydrogens is 208 g/mol. The smallest absolute Gasteiger partial charge is 0.0197 e. The molecule has 2 aliphatic rings. The lowest BCUT2D eigenvalue weighted by Crippen LogP contribution is -2.40. The van der Waals surface area contributed by atoms with Crippen LogP contribution in [-0.2, 0) is 0 Å². The molecule has 1 unspecified atom stereocenters. The molecule has 0 aromatic rings. The molecule has 1 N–H and O–H groups in total. The quantitative estimate of drug-likeness (QED) is 0.792. The molecule has 2 heteroatoms. The van der Waals surface area contributed by atoms with Gasteiger partial charge in [-0.3, -0.25) is 0 Å². The van der Waals surface area contributed by atoms with E-state index < -0.39 is 0 Å². The Hall–Kier alpha value is -0.0800. The summed E-state index contributed by atoms with van der Waals surface area (Å²) in [5.41, 5.74) is 0.715. The van der Waals surface area contributed by atoms with Crippen molar-refractivity contribution in [1.82, 2.24) is 10.2 Å². The lowest BCUT2D eigenvalue weighted by Gasteiger charge is -2.28. The predicted octanol–water partition coefficient (Wildman–Crippen LogP) is 2.89. The largest absolute Gasteiger partial charge is 0.313 e. The van der Waals surface area contributed by atoms with Gasteiger partial charge < -0.3 is 10.2 Å². The predicted molar refractivity (Wildman–Crippen MR) is 74.3 cm³/mol. The van der Waals surface area contributed by atoms with Crippen molar-refractivity contribution in [2.45, 2.75) is 58.9 Å². The summed E-state index contributed by atoms with van der Waals surface area (Å²) in [6.45, 7) is 12.2. The van der Waals surface area contributed by atoms with Gasteiger partial charge in [0.05, 0.1) is 0 Å². The average Bonchev–Trinajstić information content (AvgIpc) is 3.05. The summed E-state index contributed by atoms with van der Waals surface area (Å²) in [6, 6.07) is 0.727. The zero-order chi connectivity index (χ0) is 12.3. The van der Waals surface area contributed by atoms with Crippen LogP contribution in [0, 0.1) is 11.3 Å². The molecule has 0 aromatic carbocycles. The van der Waals surface area contributed by atoms with E-state index in [4.69, 9.17) is 0 Å². The van der Waals surface area contributed by atoms with Gasteiger partial charge in [-0.1, -0.05) is 20.8 Å². The molecule has 0 bridgehead atoms. The van der Waals surface area contributed by atoms with Crippen LogP contribution < -0.4 is 5.32 Å². The van der Waals surface area contributed by atoms with E-state index >= 15 is 0 Å². The van der Waals surface area contributed by atoms with E-state index in [-0.39, 0.29) is 0 Å².